The van der Waals surface area contributed by atoms with Crippen LogP contribution >= 0.6 is 0 Å². The molecule has 0 aromatic heterocycles. The fourth-order valence-corrected chi connectivity index (χ4v) is 4.11. The molecule has 1 N–H and O–H groups in total. The number of nitrogens with zero attached hydrogens (tertiary/aromatic N) is 1. The average Bonchev–Trinajstić information content (AvgIpc) is 3.05. The van der Waals surface area contributed by atoms with Crippen molar-refractivity contribution in [1.29, 1.82) is 0 Å². The second-order valence-corrected chi connectivity index (χ2v) is 8.26. The van der Waals surface area contributed by atoms with Crippen LogP contribution in [-0.2, 0) is 4.74 Å². The largest absolute Gasteiger partial charge is 0.368 e. The maximum Gasteiger partial charge on any atom is 0.0790 e. The third-order valence-corrected chi connectivity index (χ3v) is 4.98. The Morgan fingerprint density at radius 2 is 1.75 bits per heavy atom. The van der Waals surface area contributed by atoms with Gasteiger partial charge in [-0.2, -0.15) is 0 Å². The predicted molar refractivity (Wildman–Crippen MR) is 85.0 cm³/mol. The normalized spacial score (nSPS) is 32.2. The highest BCUT2D eigenvalue weighted by molar-refractivity contribution is 5.06. The Balaban J connectivity index is 2.11. The van der Waals surface area contributed by atoms with Crippen LogP contribution in [0.25, 0.3) is 0 Å². The molecule has 1 saturated carbocycles. The van der Waals surface area contributed by atoms with Gasteiger partial charge in [-0.1, -0.05) is 13.8 Å². The molecule has 0 aromatic carbocycles. The Morgan fingerprint density at radius 1 is 1.15 bits per heavy atom. The number of ether oxygens (including phenoxy) is 1. The summed E-state index contributed by atoms with van der Waals surface area (Å²) < 4.78 is 6.37. The summed E-state index contributed by atoms with van der Waals surface area (Å²) in [6.45, 7) is 16.0. The lowest BCUT2D eigenvalue weighted by atomic mass is 9.82. The van der Waals surface area contributed by atoms with Crippen molar-refractivity contribution in [3.8, 4) is 0 Å². The van der Waals surface area contributed by atoms with Gasteiger partial charge in [0.1, 0.15) is 0 Å². The first-order chi connectivity index (χ1) is 9.17. The lowest BCUT2D eigenvalue weighted by molar-refractivity contribution is -0.0797. The van der Waals surface area contributed by atoms with Gasteiger partial charge in [0.05, 0.1) is 11.2 Å². The summed E-state index contributed by atoms with van der Waals surface area (Å²) >= 11 is 0. The van der Waals surface area contributed by atoms with E-state index in [9.17, 15) is 0 Å². The molecule has 20 heavy (non-hydrogen) atoms. The van der Waals surface area contributed by atoms with E-state index in [1.807, 2.05) is 0 Å². The maximum absolute atomic E-state index is 6.37. The standard InChI is InChI=1S/C17H34N2O/c1-12(2)10-19(13-8-9-13)11-14-15(18-7)17(5,6)20-16(14,3)4/h12-15,18H,8-11H2,1-7H3. The minimum Gasteiger partial charge on any atom is -0.368 e. The van der Waals surface area contributed by atoms with E-state index >= 15 is 0 Å². The van der Waals surface area contributed by atoms with E-state index in [1.165, 1.54) is 19.4 Å². The Labute approximate surface area is 125 Å². The van der Waals surface area contributed by atoms with Gasteiger partial charge < -0.3 is 10.1 Å². The zero-order valence-electron chi connectivity index (χ0n) is 14.5. The molecule has 2 unspecified atom stereocenters. The highest BCUT2D eigenvalue weighted by Gasteiger charge is 2.54. The van der Waals surface area contributed by atoms with Crippen molar-refractivity contribution in [2.75, 3.05) is 20.1 Å². The van der Waals surface area contributed by atoms with E-state index in [1.54, 1.807) is 0 Å². The minimum absolute atomic E-state index is 0.0543. The van der Waals surface area contributed by atoms with Crippen LogP contribution in [-0.4, -0.2) is 48.3 Å². The van der Waals surface area contributed by atoms with Crippen LogP contribution in [0.4, 0.5) is 0 Å². The first-order valence-electron chi connectivity index (χ1n) is 8.29. The third-order valence-electron chi connectivity index (χ3n) is 4.98. The molecular weight excluding hydrogens is 248 g/mol. The Morgan fingerprint density at radius 3 is 2.20 bits per heavy atom. The van der Waals surface area contributed by atoms with Gasteiger partial charge in [0.2, 0.25) is 0 Å². The van der Waals surface area contributed by atoms with Crippen LogP contribution in [0.15, 0.2) is 0 Å². The molecule has 2 aliphatic rings. The quantitative estimate of drug-likeness (QED) is 0.811. The highest BCUT2D eigenvalue weighted by atomic mass is 16.5. The van der Waals surface area contributed by atoms with Crippen LogP contribution < -0.4 is 5.32 Å². The Bertz CT molecular complexity index is 334. The molecule has 0 spiro atoms. The van der Waals surface area contributed by atoms with E-state index in [0.717, 1.165) is 18.5 Å². The SMILES string of the molecule is CNC1C(CN(CC(C)C)C2CC2)C(C)(C)OC1(C)C. The van der Waals surface area contributed by atoms with Crippen LogP contribution in [0, 0.1) is 11.8 Å². The Kier molecular flexibility index (Phi) is 4.54. The molecule has 3 heteroatoms. The van der Waals surface area contributed by atoms with Gasteiger partial charge in [-0.15, -0.1) is 0 Å². The summed E-state index contributed by atoms with van der Waals surface area (Å²) in [7, 11) is 2.08. The molecule has 2 rings (SSSR count). The molecular formula is C17H34N2O. The van der Waals surface area contributed by atoms with Crippen molar-refractivity contribution in [3.63, 3.8) is 0 Å². The summed E-state index contributed by atoms with van der Waals surface area (Å²) in [5.74, 6) is 1.28. The van der Waals surface area contributed by atoms with Gasteiger partial charge in [-0.05, 0) is 53.5 Å². The van der Waals surface area contributed by atoms with E-state index in [-0.39, 0.29) is 11.2 Å². The molecule has 1 aliphatic carbocycles. The summed E-state index contributed by atoms with van der Waals surface area (Å²) in [5.41, 5.74) is -0.142. The van der Waals surface area contributed by atoms with Gasteiger partial charge >= 0.3 is 0 Å². The zero-order valence-corrected chi connectivity index (χ0v) is 14.5. The molecule has 2 fully saturated rings. The number of hydrogen-bond donors (Lipinski definition) is 1. The highest BCUT2D eigenvalue weighted by Crippen LogP contribution is 2.43. The smallest absolute Gasteiger partial charge is 0.0790 e. The topological polar surface area (TPSA) is 24.5 Å². The predicted octanol–water partition coefficient (Wildman–Crippen LogP) is 2.90. The molecule has 0 radical (unpaired) electrons. The van der Waals surface area contributed by atoms with Crippen molar-refractivity contribution < 1.29 is 4.74 Å². The van der Waals surface area contributed by atoms with Crippen molar-refractivity contribution >= 4 is 0 Å². The van der Waals surface area contributed by atoms with E-state index in [0.29, 0.717) is 12.0 Å². The van der Waals surface area contributed by atoms with Crippen molar-refractivity contribution in [2.45, 2.75) is 77.7 Å². The van der Waals surface area contributed by atoms with Gasteiger partial charge in [-0.3, -0.25) is 4.90 Å². The molecule has 118 valence electrons. The first-order valence-corrected chi connectivity index (χ1v) is 8.29. The summed E-state index contributed by atoms with van der Waals surface area (Å²) in [6, 6.07) is 1.25. The van der Waals surface area contributed by atoms with Crippen molar-refractivity contribution in [2.24, 2.45) is 11.8 Å². The van der Waals surface area contributed by atoms with Crippen LogP contribution in [0.1, 0.15) is 54.4 Å². The molecule has 1 aliphatic heterocycles. The minimum atomic E-state index is -0.0873. The molecule has 0 aromatic rings. The summed E-state index contributed by atoms with van der Waals surface area (Å²) in [6.07, 6.45) is 2.77. The Hall–Kier alpha value is -0.120. The maximum atomic E-state index is 6.37. The lowest BCUT2D eigenvalue weighted by Crippen LogP contribution is -2.50. The number of nitrogens with one attached hydrogen (secondary N) is 1. The van der Waals surface area contributed by atoms with Gasteiger partial charge in [-0.25, -0.2) is 0 Å². The van der Waals surface area contributed by atoms with Crippen LogP contribution in [0.3, 0.4) is 0 Å². The zero-order chi connectivity index (χ0) is 15.1. The van der Waals surface area contributed by atoms with Gasteiger partial charge in [0, 0.05) is 31.1 Å². The van der Waals surface area contributed by atoms with Gasteiger partial charge in [0.25, 0.3) is 0 Å². The fourth-order valence-electron chi connectivity index (χ4n) is 4.11. The molecule has 1 heterocycles. The van der Waals surface area contributed by atoms with Gasteiger partial charge in [0.15, 0.2) is 0 Å². The number of hydrogen-bond acceptors (Lipinski definition) is 3. The number of rotatable bonds is 6. The van der Waals surface area contributed by atoms with E-state index in [4.69, 9.17) is 4.74 Å². The third kappa shape index (κ3) is 3.37. The van der Waals surface area contributed by atoms with Crippen molar-refractivity contribution in [3.05, 3.63) is 0 Å². The summed E-state index contributed by atoms with van der Waals surface area (Å²) in [4.78, 5) is 2.71. The number of likely N-dealkylation sites (N-methyl/N-ethyl adjacent to an activating group) is 1. The van der Waals surface area contributed by atoms with Crippen LogP contribution in [0.2, 0.25) is 0 Å². The fraction of sp³-hybridized carbons (Fsp3) is 1.00. The van der Waals surface area contributed by atoms with E-state index in [2.05, 4.69) is 58.8 Å². The van der Waals surface area contributed by atoms with Crippen LogP contribution in [0.5, 0.6) is 0 Å². The molecule has 0 amide bonds. The van der Waals surface area contributed by atoms with Crippen molar-refractivity contribution in [1.82, 2.24) is 10.2 Å². The lowest BCUT2D eigenvalue weighted by Gasteiger charge is -2.35. The first kappa shape index (κ1) is 16.3. The molecule has 1 saturated heterocycles. The molecule has 3 nitrogen and oxygen atoms in total. The molecule has 2 atom stereocenters. The van der Waals surface area contributed by atoms with E-state index < -0.39 is 0 Å². The molecule has 0 bridgehead atoms. The average molecular weight is 282 g/mol. The second kappa shape index (κ2) is 5.58. The second-order valence-electron chi connectivity index (χ2n) is 8.26. The summed E-state index contributed by atoms with van der Waals surface area (Å²) in [5, 5.41) is 3.53. The monoisotopic (exact) mass is 282 g/mol.